The smallest absolute Gasteiger partial charge is 0.408 e. The van der Waals surface area contributed by atoms with Crippen molar-refractivity contribution in [3.05, 3.63) is 47.8 Å². The molecule has 1 aliphatic heterocycles. The first kappa shape index (κ1) is 21.9. The van der Waals surface area contributed by atoms with Crippen molar-refractivity contribution >= 4 is 23.7 Å². The topological polar surface area (TPSA) is 67.4 Å². The third kappa shape index (κ3) is 4.81. The van der Waals surface area contributed by atoms with E-state index in [-0.39, 0.29) is 17.6 Å². The van der Waals surface area contributed by atoms with Gasteiger partial charge in [0.2, 0.25) is 0 Å². The number of anilines is 1. The van der Waals surface area contributed by atoms with Crippen molar-refractivity contribution in [3.63, 3.8) is 0 Å². The second-order valence-electron chi connectivity index (χ2n) is 9.45. The number of rotatable bonds is 4. The van der Waals surface area contributed by atoms with E-state index in [0.29, 0.717) is 0 Å². The Morgan fingerprint density at radius 2 is 1.97 bits per heavy atom. The van der Waals surface area contributed by atoms with Gasteiger partial charge in [-0.1, -0.05) is 31.2 Å². The second-order valence-corrected chi connectivity index (χ2v) is 10.7. The molecule has 4 rings (SSSR count). The molecule has 1 atom stereocenters. The van der Waals surface area contributed by atoms with E-state index in [9.17, 15) is 4.79 Å². The van der Waals surface area contributed by atoms with E-state index in [1.54, 1.807) is 11.8 Å². The van der Waals surface area contributed by atoms with E-state index < -0.39 is 5.60 Å². The number of aromatic nitrogens is 2. The highest BCUT2D eigenvalue weighted by molar-refractivity contribution is 7.99. The molecule has 1 amide bonds. The zero-order valence-corrected chi connectivity index (χ0v) is 19.7. The summed E-state index contributed by atoms with van der Waals surface area (Å²) in [5, 5.41) is 4.18. The fourth-order valence-electron chi connectivity index (χ4n) is 4.79. The van der Waals surface area contributed by atoms with Gasteiger partial charge in [0.25, 0.3) is 0 Å². The van der Waals surface area contributed by atoms with Gasteiger partial charge in [-0.2, -0.15) is 0 Å². The summed E-state index contributed by atoms with van der Waals surface area (Å²) in [6, 6.07) is 8.45. The van der Waals surface area contributed by atoms with Crippen molar-refractivity contribution in [3.8, 4) is 0 Å². The number of nitrogens with one attached hydrogen (secondary N) is 1. The van der Waals surface area contributed by atoms with Gasteiger partial charge < -0.3 is 15.0 Å². The van der Waals surface area contributed by atoms with Crippen LogP contribution >= 0.6 is 11.8 Å². The predicted molar refractivity (Wildman–Crippen MR) is 125 cm³/mol. The zero-order chi connectivity index (χ0) is 22.1. The molecule has 0 saturated carbocycles. The van der Waals surface area contributed by atoms with E-state index in [1.807, 2.05) is 33.2 Å². The maximum Gasteiger partial charge on any atom is 0.408 e. The Morgan fingerprint density at radius 1 is 1.23 bits per heavy atom. The molecule has 0 bridgehead atoms. The number of carbonyl (C=O) groups is 1. The van der Waals surface area contributed by atoms with Crippen LogP contribution < -0.4 is 10.2 Å². The van der Waals surface area contributed by atoms with Crippen LogP contribution in [0.3, 0.4) is 0 Å². The van der Waals surface area contributed by atoms with Crippen molar-refractivity contribution in [1.29, 1.82) is 0 Å². The molecule has 0 radical (unpaired) electrons. The number of thioether (sulfide) groups is 1. The van der Waals surface area contributed by atoms with Gasteiger partial charge in [-0.25, -0.2) is 14.8 Å². The van der Waals surface area contributed by atoms with Crippen molar-refractivity contribution < 1.29 is 9.53 Å². The second kappa shape index (κ2) is 8.69. The minimum atomic E-state index is -0.514. The number of benzene rings is 1. The summed E-state index contributed by atoms with van der Waals surface area (Å²) < 4.78 is 5.59. The molecule has 7 heteroatoms. The summed E-state index contributed by atoms with van der Waals surface area (Å²) in [7, 11) is 0. The van der Waals surface area contributed by atoms with Gasteiger partial charge in [-0.3, -0.25) is 0 Å². The Morgan fingerprint density at radius 3 is 2.61 bits per heavy atom. The Kier molecular flexibility index (Phi) is 6.15. The molecule has 166 valence electrons. The van der Waals surface area contributed by atoms with E-state index in [0.717, 1.165) is 48.9 Å². The summed E-state index contributed by atoms with van der Waals surface area (Å²) in [5.41, 5.74) is 2.04. The lowest BCUT2D eigenvalue weighted by atomic mass is 9.72. The Balaban J connectivity index is 1.50. The van der Waals surface area contributed by atoms with Crippen molar-refractivity contribution in [2.24, 2.45) is 5.41 Å². The van der Waals surface area contributed by atoms with Crippen molar-refractivity contribution in [1.82, 2.24) is 15.3 Å². The fraction of sp³-hybridized carbons (Fsp3) is 0.542. The molecule has 1 aromatic heterocycles. The number of carbonyl (C=O) groups excluding carboxylic acids is 1. The molecule has 1 unspecified atom stereocenters. The molecule has 1 fully saturated rings. The number of nitrogens with zero attached hydrogens (tertiary/aromatic N) is 3. The number of ether oxygens (including phenoxy) is 1. The van der Waals surface area contributed by atoms with Gasteiger partial charge in [-0.15, -0.1) is 11.8 Å². The molecule has 1 saturated heterocycles. The number of hydrogen-bond acceptors (Lipinski definition) is 6. The van der Waals surface area contributed by atoms with Crippen LogP contribution in [0.25, 0.3) is 0 Å². The summed E-state index contributed by atoms with van der Waals surface area (Å²) in [6.45, 7) is 9.61. The maximum atomic E-state index is 12.7. The highest BCUT2D eigenvalue weighted by Gasteiger charge is 2.48. The fourth-order valence-corrected chi connectivity index (χ4v) is 5.34. The van der Waals surface area contributed by atoms with Crippen molar-refractivity contribution in [2.75, 3.05) is 23.7 Å². The maximum absolute atomic E-state index is 12.7. The number of piperidine rings is 1. The zero-order valence-electron chi connectivity index (χ0n) is 18.9. The third-order valence-electron chi connectivity index (χ3n) is 6.17. The van der Waals surface area contributed by atoms with Gasteiger partial charge >= 0.3 is 6.09 Å². The standard InChI is InChI=1S/C24H32N4O2S/c1-5-31-20-16-25-19(15-26-20)28-12-10-24(11-13-28)14-17-8-6-7-9-18(17)21(24)27-22(29)30-23(2,3)4/h6-9,15-16,21H,5,10-14H2,1-4H3,(H,27,29). The summed E-state index contributed by atoms with van der Waals surface area (Å²) in [4.78, 5) is 24.1. The third-order valence-corrected chi connectivity index (χ3v) is 6.97. The minimum absolute atomic E-state index is 0.00250. The molecule has 1 aliphatic carbocycles. The van der Waals surface area contributed by atoms with Crippen LogP contribution in [-0.4, -0.2) is 40.5 Å². The first-order chi connectivity index (χ1) is 14.8. The molecule has 31 heavy (non-hydrogen) atoms. The molecule has 1 spiro atoms. The SMILES string of the molecule is CCSc1cnc(N2CCC3(CC2)Cc2ccccc2C3NC(=O)OC(C)(C)C)cn1. The number of fused-ring (bicyclic) bond motifs is 1. The predicted octanol–water partition coefficient (Wildman–Crippen LogP) is 5.00. The summed E-state index contributed by atoms with van der Waals surface area (Å²) in [5.74, 6) is 1.93. The van der Waals surface area contributed by atoms with Crippen molar-refractivity contribution in [2.45, 2.75) is 63.6 Å². The molecule has 2 aromatic rings. The normalized spacial score (nSPS) is 19.9. The highest BCUT2D eigenvalue weighted by atomic mass is 32.2. The first-order valence-corrected chi connectivity index (χ1v) is 12.1. The molecule has 1 aromatic carbocycles. The van der Waals surface area contributed by atoms with Gasteiger partial charge in [0.05, 0.1) is 18.4 Å². The van der Waals surface area contributed by atoms with Crippen LogP contribution in [0, 0.1) is 5.41 Å². The lowest BCUT2D eigenvalue weighted by Gasteiger charge is -2.43. The van der Waals surface area contributed by atoms with Crippen LogP contribution in [-0.2, 0) is 11.2 Å². The largest absolute Gasteiger partial charge is 0.444 e. The van der Waals surface area contributed by atoms with Crippen LogP contribution in [0.5, 0.6) is 0 Å². The van der Waals surface area contributed by atoms with Crippen LogP contribution in [0.15, 0.2) is 41.7 Å². The first-order valence-electron chi connectivity index (χ1n) is 11.1. The minimum Gasteiger partial charge on any atom is -0.444 e. The summed E-state index contributed by atoms with van der Waals surface area (Å²) >= 11 is 1.70. The molecule has 2 heterocycles. The molecule has 6 nitrogen and oxygen atoms in total. The lowest BCUT2D eigenvalue weighted by molar-refractivity contribution is 0.0428. The quantitative estimate of drug-likeness (QED) is 0.675. The molecule has 2 aliphatic rings. The van der Waals surface area contributed by atoms with Gasteiger partial charge in [0, 0.05) is 18.5 Å². The van der Waals surface area contributed by atoms with Crippen LogP contribution in [0.4, 0.5) is 10.6 Å². The van der Waals surface area contributed by atoms with E-state index in [4.69, 9.17) is 4.74 Å². The van der Waals surface area contributed by atoms with Gasteiger partial charge in [0.15, 0.2) is 0 Å². The van der Waals surface area contributed by atoms with E-state index >= 15 is 0 Å². The van der Waals surface area contributed by atoms with Crippen LogP contribution in [0.2, 0.25) is 0 Å². The molecule has 1 N–H and O–H groups in total. The van der Waals surface area contributed by atoms with Gasteiger partial charge in [0.1, 0.15) is 16.4 Å². The summed E-state index contributed by atoms with van der Waals surface area (Å²) in [6.07, 6.45) is 6.35. The Hall–Kier alpha value is -2.28. The Labute approximate surface area is 189 Å². The Bertz CT molecular complexity index is 918. The number of alkyl carbamates (subject to hydrolysis) is 1. The average molecular weight is 441 g/mol. The van der Waals surface area contributed by atoms with E-state index in [2.05, 4.69) is 51.4 Å². The average Bonchev–Trinajstić information content (AvgIpc) is 3.01. The van der Waals surface area contributed by atoms with Gasteiger partial charge in [-0.05, 0) is 56.9 Å². The lowest BCUT2D eigenvalue weighted by Crippen LogP contribution is -2.47. The van der Waals surface area contributed by atoms with Crippen LogP contribution in [0.1, 0.15) is 57.7 Å². The molecular weight excluding hydrogens is 408 g/mol. The monoisotopic (exact) mass is 440 g/mol. The molecular formula is C24H32N4O2S. The highest BCUT2D eigenvalue weighted by Crippen LogP contribution is 2.52. The number of amides is 1. The number of hydrogen-bond donors (Lipinski definition) is 1. The van der Waals surface area contributed by atoms with E-state index in [1.165, 1.54) is 11.1 Å².